The monoisotopic (exact) mass is 358 g/mol. The van der Waals surface area contributed by atoms with Gasteiger partial charge in [0.25, 0.3) is 0 Å². The van der Waals surface area contributed by atoms with Crippen LogP contribution in [0.5, 0.6) is 0 Å². The highest BCUT2D eigenvalue weighted by Crippen LogP contribution is 2.64. The van der Waals surface area contributed by atoms with E-state index in [1.165, 1.54) is 0 Å². The van der Waals surface area contributed by atoms with Crippen LogP contribution in [-0.2, 0) is 4.57 Å². The highest BCUT2D eigenvalue weighted by Gasteiger charge is 2.59. The van der Waals surface area contributed by atoms with Crippen molar-refractivity contribution >= 4 is 13.4 Å². The molecule has 0 saturated heterocycles. The molecule has 1 fully saturated rings. The molecule has 1 saturated carbocycles. The third-order valence-electron chi connectivity index (χ3n) is 5.31. The van der Waals surface area contributed by atoms with Gasteiger partial charge < -0.3 is 9.79 Å². The molecule has 2 unspecified atom stereocenters. The number of Topliss-reactive ketones (excluding diaryl/α,β-unsaturated/α-hetero) is 1. The number of aryl methyl sites for hydroxylation is 1. The lowest BCUT2D eigenvalue weighted by molar-refractivity contribution is 0.0869. The van der Waals surface area contributed by atoms with Gasteiger partial charge in [-0.3, -0.25) is 9.36 Å². The van der Waals surface area contributed by atoms with Crippen molar-refractivity contribution in [1.82, 2.24) is 0 Å². The molecule has 4 nitrogen and oxygen atoms in total. The zero-order valence-corrected chi connectivity index (χ0v) is 15.2. The Morgan fingerprint density at radius 2 is 1.68 bits per heavy atom. The molecule has 0 radical (unpaired) electrons. The molecule has 3 rings (SSSR count). The Balaban J connectivity index is 2.15. The van der Waals surface area contributed by atoms with Crippen LogP contribution in [-0.4, -0.2) is 20.7 Å². The second-order valence-corrected chi connectivity index (χ2v) is 8.76. The first kappa shape index (κ1) is 18.1. The SMILES string of the molecule is Cc1ccc(C(=O)C2(P(=O)(O)O)CCCCC2c2ccccc2)cc1. The van der Waals surface area contributed by atoms with E-state index in [1.54, 1.807) is 24.3 Å². The normalized spacial score (nSPS) is 24.0. The van der Waals surface area contributed by atoms with Gasteiger partial charge in [-0.1, -0.05) is 73.0 Å². The smallest absolute Gasteiger partial charge is 0.324 e. The first-order valence-electron chi connectivity index (χ1n) is 8.58. The van der Waals surface area contributed by atoms with E-state index in [4.69, 9.17) is 0 Å². The number of rotatable bonds is 4. The van der Waals surface area contributed by atoms with Crippen LogP contribution in [0.3, 0.4) is 0 Å². The summed E-state index contributed by atoms with van der Waals surface area (Å²) >= 11 is 0. The highest BCUT2D eigenvalue weighted by molar-refractivity contribution is 7.55. The minimum Gasteiger partial charge on any atom is -0.324 e. The van der Waals surface area contributed by atoms with Crippen LogP contribution in [0.15, 0.2) is 54.6 Å². The third kappa shape index (κ3) is 3.22. The Hall–Kier alpha value is -1.74. The summed E-state index contributed by atoms with van der Waals surface area (Å²) in [5.74, 6) is -0.911. The van der Waals surface area contributed by atoms with Crippen molar-refractivity contribution in [2.24, 2.45) is 0 Å². The molecule has 2 atom stereocenters. The van der Waals surface area contributed by atoms with E-state index in [2.05, 4.69) is 0 Å². The summed E-state index contributed by atoms with van der Waals surface area (Å²) in [6.45, 7) is 1.92. The molecule has 2 N–H and O–H groups in total. The number of hydrogen-bond acceptors (Lipinski definition) is 2. The molecule has 1 aliphatic rings. The molecule has 5 heteroatoms. The van der Waals surface area contributed by atoms with Crippen LogP contribution in [0.4, 0.5) is 0 Å². The van der Waals surface area contributed by atoms with E-state index in [0.29, 0.717) is 18.4 Å². The molecule has 0 heterocycles. The Morgan fingerprint density at radius 3 is 2.28 bits per heavy atom. The predicted molar refractivity (Wildman–Crippen MR) is 97.9 cm³/mol. The minimum absolute atomic E-state index is 0.212. The van der Waals surface area contributed by atoms with Gasteiger partial charge in [0.15, 0.2) is 5.78 Å². The van der Waals surface area contributed by atoms with E-state index in [1.807, 2.05) is 37.3 Å². The molecule has 2 aromatic carbocycles. The first-order chi connectivity index (χ1) is 11.9. The van der Waals surface area contributed by atoms with E-state index < -0.39 is 24.5 Å². The predicted octanol–water partition coefficient (Wildman–Crippen LogP) is 4.45. The Bertz CT molecular complexity index is 794. The fourth-order valence-corrected chi connectivity index (χ4v) is 5.52. The van der Waals surface area contributed by atoms with Crippen LogP contribution >= 0.6 is 7.60 Å². The molecule has 2 aromatic rings. The number of carbonyl (C=O) groups is 1. The van der Waals surface area contributed by atoms with Crippen LogP contribution in [0.25, 0.3) is 0 Å². The maximum Gasteiger partial charge on any atom is 0.340 e. The summed E-state index contributed by atoms with van der Waals surface area (Å²) < 4.78 is 12.6. The summed E-state index contributed by atoms with van der Waals surface area (Å²) in [5, 5.41) is -1.68. The van der Waals surface area contributed by atoms with Crippen LogP contribution in [0.2, 0.25) is 0 Å². The van der Waals surface area contributed by atoms with Crippen molar-refractivity contribution in [3.05, 3.63) is 71.3 Å². The lowest BCUT2D eigenvalue weighted by atomic mass is 9.71. The van der Waals surface area contributed by atoms with E-state index >= 15 is 0 Å². The van der Waals surface area contributed by atoms with Crippen LogP contribution < -0.4 is 0 Å². The van der Waals surface area contributed by atoms with Gasteiger partial charge in [-0.15, -0.1) is 0 Å². The fraction of sp³-hybridized carbons (Fsp3) is 0.350. The summed E-state index contributed by atoms with van der Waals surface area (Å²) in [4.78, 5) is 34.0. The average Bonchev–Trinajstić information content (AvgIpc) is 2.61. The van der Waals surface area contributed by atoms with Crippen molar-refractivity contribution in [2.45, 2.75) is 43.7 Å². The fourth-order valence-electron chi connectivity index (χ4n) is 3.99. The van der Waals surface area contributed by atoms with Gasteiger partial charge in [0.05, 0.1) is 0 Å². The molecular formula is C20H23O4P. The lowest BCUT2D eigenvalue weighted by Crippen LogP contribution is -2.46. The Kier molecular flexibility index (Phi) is 4.97. The Labute approximate surface area is 148 Å². The maximum absolute atomic E-state index is 13.4. The third-order valence-corrected chi connectivity index (χ3v) is 7.08. The number of carbonyl (C=O) groups excluding carboxylic acids is 1. The van der Waals surface area contributed by atoms with Crippen molar-refractivity contribution in [1.29, 1.82) is 0 Å². The first-order valence-corrected chi connectivity index (χ1v) is 10.2. The van der Waals surface area contributed by atoms with Crippen molar-refractivity contribution in [2.75, 3.05) is 0 Å². The molecule has 132 valence electrons. The van der Waals surface area contributed by atoms with E-state index in [-0.39, 0.29) is 6.42 Å². The quantitative estimate of drug-likeness (QED) is 0.625. The van der Waals surface area contributed by atoms with Crippen molar-refractivity contribution in [3.8, 4) is 0 Å². The second kappa shape index (κ2) is 6.87. The summed E-state index contributed by atoms with van der Waals surface area (Å²) in [5.41, 5.74) is 2.20. The molecule has 0 aromatic heterocycles. The summed E-state index contributed by atoms with van der Waals surface area (Å²) in [6, 6.07) is 16.3. The largest absolute Gasteiger partial charge is 0.340 e. The molecule has 0 amide bonds. The minimum atomic E-state index is -4.68. The van der Waals surface area contributed by atoms with Gasteiger partial charge in [0, 0.05) is 11.5 Å². The molecule has 25 heavy (non-hydrogen) atoms. The van der Waals surface area contributed by atoms with Crippen molar-refractivity contribution in [3.63, 3.8) is 0 Å². The molecule has 0 spiro atoms. The van der Waals surface area contributed by atoms with Crippen molar-refractivity contribution < 1.29 is 19.1 Å². The Morgan fingerprint density at radius 1 is 1.04 bits per heavy atom. The zero-order chi connectivity index (χ0) is 18.1. The zero-order valence-electron chi connectivity index (χ0n) is 14.3. The number of hydrogen-bond donors (Lipinski definition) is 2. The summed E-state index contributed by atoms with van der Waals surface area (Å²) in [7, 11) is -4.68. The topological polar surface area (TPSA) is 74.6 Å². The highest BCUT2D eigenvalue weighted by atomic mass is 31.2. The lowest BCUT2D eigenvalue weighted by Gasteiger charge is -2.43. The standard InChI is InChI=1S/C20H23O4P/c1-15-10-12-17(13-11-15)19(21)20(25(22,23)24)14-6-5-9-18(20)16-7-3-2-4-8-16/h2-4,7-8,10-13,18H,5-6,9,14H2,1H3,(H2,22,23,24). The second-order valence-electron chi connectivity index (χ2n) is 6.87. The average molecular weight is 358 g/mol. The number of ketones is 1. The van der Waals surface area contributed by atoms with Gasteiger partial charge in [-0.05, 0) is 25.3 Å². The van der Waals surface area contributed by atoms with Gasteiger partial charge in [0.1, 0.15) is 5.16 Å². The van der Waals surface area contributed by atoms with Gasteiger partial charge in [-0.25, -0.2) is 0 Å². The molecule has 0 bridgehead atoms. The van der Waals surface area contributed by atoms with Gasteiger partial charge in [0.2, 0.25) is 0 Å². The van der Waals surface area contributed by atoms with Gasteiger partial charge in [-0.2, -0.15) is 0 Å². The van der Waals surface area contributed by atoms with E-state index in [9.17, 15) is 19.1 Å². The summed E-state index contributed by atoms with van der Waals surface area (Å²) in [6.07, 6.45) is 2.32. The van der Waals surface area contributed by atoms with Crippen LogP contribution in [0.1, 0.15) is 53.1 Å². The van der Waals surface area contributed by atoms with Crippen LogP contribution in [0, 0.1) is 6.92 Å². The molecule has 1 aliphatic carbocycles. The van der Waals surface area contributed by atoms with Gasteiger partial charge >= 0.3 is 7.60 Å². The maximum atomic E-state index is 13.4. The number of benzene rings is 2. The van der Waals surface area contributed by atoms with E-state index in [0.717, 1.165) is 17.5 Å². The molecular weight excluding hydrogens is 335 g/mol. The molecule has 0 aliphatic heterocycles.